The molecule has 1 aromatic heterocycles. The lowest BCUT2D eigenvalue weighted by Crippen LogP contribution is -2.28. The van der Waals surface area contributed by atoms with Crippen LogP contribution in [0.4, 0.5) is 5.69 Å². The Balaban J connectivity index is 1.87. The molecule has 6 nitrogen and oxygen atoms in total. The smallest absolute Gasteiger partial charge is 0.269 e. The summed E-state index contributed by atoms with van der Waals surface area (Å²) in [6.07, 6.45) is 1.09. The molecule has 0 aliphatic heterocycles. The molecule has 26 heavy (non-hydrogen) atoms. The van der Waals surface area contributed by atoms with Crippen molar-refractivity contribution in [2.45, 2.75) is 13.0 Å². The highest BCUT2D eigenvalue weighted by atomic mass is 79.9. The number of hydrogen-bond acceptors (Lipinski definition) is 3. The Kier molecular flexibility index (Phi) is 5.06. The molecule has 0 saturated carbocycles. The monoisotopic (exact) mass is 435 g/mol. The van der Waals surface area contributed by atoms with E-state index in [9.17, 15) is 13.2 Å². The highest BCUT2D eigenvalue weighted by Crippen LogP contribution is 2.29. The summed E-state index contributed by atoms with van der Waals surface area (Å²) in [7, 11) is -3.41. The van der Waals surface area contributed by atoms with Crippen LogP contribution in [0.1, 0.15) is 29.0 Å². The fraction of sp³-hybridized carbons (Fsp3) is 0.167. The van der Waals surface area contributed by atoms with Crippen molar-refractivity contribution in [3.8, 4) is 0 Å². The topological polar surface area (TPSA) is 91.1 Å². The minimum absolute atomic E-state index is 0.283. The molecule has 0 radical (unpaired) electrons. The van der Waals surface area contributed by atoms with Crippen LogP contribution >= 0.6 is 15.9 Å². The highest BCUT2D eigenvalue weighted by Gasteiger charge is 2.20. The number of carbonyl (C=O) groups is 1. The Hall–Kier alpha value is -2.32. The van der Waals surface area contributed by atoms with Crippen molar-refractivity contribution in [3.63, 3.8) is 0 Å². The molecule has 2 aromatic carbocycles. The van der Waals surface area contributed by atoms with Gasteiger partial charge in [0.2, 0.25) is 10.0 Å². The number of nitrogens with one attached hydrogen (secondary N) is 3. The number of aromatic amines is 1. The van der Waals surface area contributed by atoms with Crippen LogP contribution in [0.2, 0.25) is 0 Å². The lowest BCUT2D eigenvalue weighted by molar-refractivity contribution is 0.0935. The first-order chi connectivity index (χ1) is 12.3. The van der Waals surface area contributed by atoms with Crippen molar-refractivity contribution >= 4 is 48.5 Å². The van der Waals surface area contributed by atoms with Gasteiger partial charge >= 0.3 is 0 Å². The van der Waals surface area contributed by atoms with Gasteiger partial charge in [0.25, 0.3) is 5.91 Å². The number of sulfonamides is 1. The average Bonchev–Trinajstić information content (AvgIpc) is 2.91. The molecule has 0 bridgehead atoms. The van der Waals surface area contributed by atoms with Crippen LogP contribution in [-0.2, 0) is 10.0 Å². The number of fused-ring (bicyclic) bond motifs is 1. The standard InChI is InChI=1S/C18H18BrN3O3S/c1-11(12-7-3-6-10-15(12)22-26(2,24)25)20-18(23)17-16(19)13-8-4-5-9-14(13)21-17/h3-11,21-22H,1-2H3,(H,20,23). The van der Waals surface area contributed by atoms with Gasteiger partial charge < -0.3 is 10.3 Å². The number of hydrogen-bond donors (Lipinski definition) is 3. The quantitative estimate of drug-likeness (QED) is 0.569. The minimum atomic E-state index is -3.41. The molecule has 1 unspecified atom stereocenters. The lowest BCUT2D eigenvalue weighted by atomic mass is 10.1. The van der Waals surface area contributed by atoms with Crippen molar-refractivity contribution in [1.29, 1.82) is 0 Å². The zero-order valence-electron chi connectivity index (χ0n) is 14.2. The second-order valence-corrected chi connectivity index (χ2v) is 8.56. The minimum Gasteiger partial charge on any atom is -0.350 e. The summed E-state index contributed by atoms with van der Waals surface area (Å²) in [6.45, 7) is 1.80. The molecule has 136 valence electrons. The molecule has 0 aliphatic carbocycles. The third kappa shape index (κ3) is 3.91. The van der Waals surface area contributed by atoms with E-state index in [4.69, 9.17) is 0 Å². The zero-order valence-corrected chi connectivity index (χ0v) is 16.6. The van der Waals surface area contributed by atoms with Gasteiger partial charge in [-0.15, -0.1) is 0 Å². The first kappa shape index (κ1) is 18.5. The highest BCUT2D eigenvalue weighted by molar-refractivity contribution is 9.10. The second kappa shape index (κ2) is 7.13. The maximum atomic E-state index is 12.7. The second-order valence-electron chi connectivity index (χ2n) is 6.02. The van der Waals surface area contributed by atoms with Gasteiger partial charge in [0.05, 0.1) is 22.5 Å². The van der Waals surface area contributed by atoms with Gasteiger partial charge in [-0.2, -0.15) is 0 Å². The SMILES string of the molecule is CC(NC(=O)c1[nH]c2ccccc2c1Br)c1ccccc1NS(C)(=O)=O. The molecule has 3 N–H and O–H groups in total. The molecule has 1 heterocycles. The maximum Gasteiger partial charge on any atom is 0.269 e. The van der Waals surface area contributed by atoms with Gasteiger partial charge in [-0.3, -0.25) is 9.52 Å². The predicted octanol–water partition coefficient (Wildman–Crippen LogP) is 3.79. The Morgan fingerprint density at radius 2 is 1.77 bits per heavy atom. The Bertz CT molecular complexity index is 1080. The first-order valence-electron chi connectivity index (χ1n) is 7.90. The molecular formula is C18H18BrN3O3S. The summed E-state index contributed by atoms with van der Waals surface area (Å²) in [5.74, 6) is -0.283. The van der Waals surface area contributed by atoms with Crippen LogP contribution in [0, 0.1) is 0 Å². The van der Waals surface area contributed by atoms with Crippen LogP contribution < -0.4 is 10.0 Å². The van der Waals surface area contributed by atoms with Gasteiger partial charge in [0.15, 0.2) is 0 Å². The Labute approximate surface area is 160 Å². The molecule has 0 aliphatic rings. The van der Waals surface area contributed by atoms with E-state index in [1.165, 1.54) is 0 Å². The largest absolute Gasteiger partial charge is 0.350 e. The van der Waals surface area contributed by atoms with Crippen LogP contribution in [0.15, 0.2) is 53.0 Å². The predicted molar refractivity (Wildman–Crippen MR) is 107 cm³/mol. The molecule has 3 rings (SSSR count). The number of aromatic nitrogens is 1. The van der Waals surface area contributed by atoms with E-state index in [0.717, 1.165) is 17.2 Å². The number of anilines is 1. The van der Waals surface area contributed by atoms with Crippen LogP contribution in [-0.4, -0.2) is 25.6 Å². The summed E-state index contributed by atoms with van der Waals surface area (Å²) in [5.41, 5.74) is 2.40. The van der Waals surface area contributed by atoms with Crippen molar-refractivity contribution < 1.29 is 13.2 Å². The van der Waals surface area contributed by atoms with E-state index in [1.54, 1.807) is 31.2 Å². The fourth-order valence-corrected chi connectivity index (χ4v) is 3.99. The summed E-state index contributed by atoms with van der Waals surface area (Å²) >= 11 is 3.47. The summed E-state index contributed by atoms with van der Waals surface area (Å²) in [4.78, 5) is 15.8. The summed E-state index contributed by atoms with van der Waals surface area (Å²) in [5, 5.41) is 3.83. The van der Waals surface area contributed by atoms with Crippen molar-refractivity contribution in [2.24, 2.45) is 0 Å². The lowest BCUT2D eigenvalue weighted by Gasteiger charge is -2.18. The van der Waals surface area contributed by atoms with Crippen LogP contribution in [0.5, 0.6) is 0 Å². The molecule has 1 atom stereocenters. The van der Waals surface area contributed by atoms with E-state index in [-0.39, 0.29) is 5.91 Å². The van der Waals surface area contributed by atoms with Gasteiger partial charge in [0.1, 0.15) is 5.69 Å². The van der Waals surface area contributed by atoms with E-state index >= 15 is 0 Å². The summed E-state index contributed by atoms with van der Waals surface area (Å²) < 4.78 is 26.3. The Morgan fingerprint density at radius 3 is 2.46 bits per heavy atom. The zero-order chi connectivity index (χ0) is 18.9. The van der Waals surface area contributed by atoms with E-state index < -0.39 is 16.1 Å². The van der Waals surface area contributed by atoms with Crippen LogP contribution in [0.25, 0.3) is 10.9 Å². The number of amides is 1. The van der Waals surface area contributed by atoms with Gasteiger partial charge in [-0.1, -0.05) is 36.4 Å². The molecular weight excluding hydrogens is 418 g/mol. The van der Waals surface area contributed by atoms with Crippen molar-refractivity contribution in [3.05, 3.63) is 64.3 Å². The average molecular weight is 436 g/mol. The van der Waals surface area contributed by atoms with Crippen molar-refractivity contribution in [1.82, 2.24) is 10.3 Å². The van der Waals surface area contributed by atoms with E-state index in [0.29, 0.717) is 21.4 Å². The fourth-order valence-electron chi connectivity index (χ4n) is 2.78. The van der Waals surface area contributed by atoms with Gasteiger partial charge in [-0.05, 0) is 40.5 Å². The molecule has 0 saturated heterocycles. The van der Waals surface area contributed by atoms with Gasteiger partial charge in [0, 0.05) is 10.9 Å². The number of carbonyl (C=O) groups excluding carboxylic acids is 1. The number of para-hydroxylation sites is 2. The number of H-pyrrole nitrogens is 1. The summed E-state index contributed by atoms with van der Waals surface area (Å²) in [6, 6.07) is 14.2. The molecule has 0 fully saturated rings. The molecule has 8 heteroatoms. The molecule has 1 amide bonds. The normalized spacial score (nSPS) is 12.7. The Morgan fingerprint density at radius 1 is 1.12 bits per heavy atom. The number of rotatable bonds is 5. The third-order valence-corrected chi connectivity index (χ3v) is 5.35. The van der Waals surface area contributed by atoms with Crippen LogP contribution in [0.3, 0.4) is 0 Å². The first-order valence-corrected chi connectivity index (χ1v) is 10.6. The van der Waals surface area contributed by atoms with E-state index in [1.807, 2.05) is 24.3 Å². The molecule has 3 aromatic rings. The molecule has 0 spiro atoms. The number of halogens is 1. The van der Waals surface area contributed by atoms with Crippen molar-refractivity contribution in [2.75, 3.05) is 11.0 Å². The van der Waals surface area contributed by atoms with Gasteiger partial charge in [-0.25, -0.2) is 8.42 Å². The third-order valence-electron chi connectivity index (χ3n) is 3.94. The van der Waals surface area contributed by atoms with E-state index in [2.05, 4.69) is 31.0 Å². The maximum absolute atomic E-state index is 12.7. The number of benzene rings is 2.